The van der Waals surface area contributed by atoms with Crippen LogP contribution in [0.15, 0.2) is 59.5 Å². The molecule has 1 heterocycles. The summed E-state index contributed by atoms with van der Waals surface area (Å²) in [6, 6.07) is 14.2. The Morgan fingerprint density at radius 3 is 2.53 bits per heavy atom. The van der Waals surface area contributed by atoms with Crippen molar-refractivity contribution in [3.05, 3.63) is 76.2 Å². The predicted octanol–water partition coefficient (Wildman–Crippen LogP) is 3.88. The molecule has 0 saturated carbocycles. The minimum Gasteiger partial charge on any atom is -0.497 e. The number of ether oxygens (including phenoxy) is 1. The van der Waals surface area contributed by atoms with Crippen molar-refractivity contribution >= 4 is 58.1 Å². The van der Waals surface area contributed by atoms with Crippen LogP contribution in [0.25, 0.3) is 12.2 Å². The third-order valence-electron chi connectivity index (χ3n) is 4.18. The molecule has 0 aliphatic carbocycles. The number of carboxylic acids is 1. The zero-order valence-electron chi connectivity index (χ0n) is 15.9. The van der Waals surface area contributed by atoms with Gasteiger partial charge in [0.2, 0.25) is 0 Å². The Bertz CT molecular complexity index is 1070. The van der Waals surface area contributed by atoms with Gasteiger partial charge in [-0.25, -0.2) is 0 Å². The summed E-state index contributed by atoms with van der Waals surface area (Å²) in [6.07, 6.45) is 4.86. The Morgan fingerprint density at radius 2 is 1.87 bits per heavy atom. The lowest BCUT2D eigenvalue weighted by Gasteiger charge is -2.10. The maximum absolute atomic E-state index is 12.3. The van der Waals surface area contributed by atoms with Crippen molar-refractivity contribution in [2.75, 3.05) is 13.7 Å². The zero-order valence-corrected chi connectivity index (χ0v) is 17.5. The number of aliphatic carboxylic acids is 1. The van der Waals surface area contributed by atoms with Gasteiger partial charge in [-0.05, 0) is 35.4 Å². The molecule has 6 nitrogen and oxygen atoms in total. The molecule has 3 rings (SSSR count). The van der Waals surface area contributed by atoms with Crippen LogP contribution < -0.4 is 4.74 Å². The van der Waals surface area contributed by atoms with E-state index >= 15 is 0 Å². The first-order valence-corrected chi connectivity index (χ1v) is 10.0. The number of thiocarbonyl (C=S) groups is 1. The number of ketones is 1. The molecule has 0 radical (unpaired) electrons. The van der Waals surface area contributed by atoms with Crippen molar-refractivity contribution in [3.8, 4) is 5.75 Å². The van der Waals surface area contributed by atoms with Gasteiger partial charge in [0, 0.05) is 5.56 Å². The Hall–Kier alpha value is -3.23. The van der Waals surface area contributed by atoms with E-state index in [9.17, 15) is 14.4 Å². The molecule has 2 aromatic carbocycles. The fraction of sp³-hybridized carbons (Fsp3) is 0.0909. The van der Waals surface area contributed by atoms with Crippen LogP contribution in [0.3, 0.4) is 0 Å². The number of amides is 1. The van der Waals surface area contributed by atoms with E-state index in [1.54, 1.807) is 55.7 Å². The van der Waals surface area contributed by atoms with Gasteiger partial charge in [0.25, 0.3) is 5.91 Å². The van der Waals surface area contributed by atoms with E-state index in [1.807, 2.05) is 12.1 Å². The molecular formula is C22H17NO5S2. The van der Waals surface area contributed by atoms with Gasteiger partial charge < -0.3 is 9.84 Å². The number of thioether (sulfide) groups is 1. The van der Waals surface area contributed by atoms with Gasteiger partial charge in [-0.3, -0.25) is 19.3 Å². The maximum Gasteiger partial charge on any atom is 0.323 e. The van der Waals surface area contributed by atoms with Crippen LogP contribution >= 0.6 is 24.0 Å². The van der Waals surface area contributed by atoms with E-state index in [2.05, 4.69) is 0 Å². The zero-order chi connectivity index (χ0) is 21.7. The lowest BCUT2D eigenvalue weighted by atomic mass is 10.1. The molecule has 1 fully saturated rings. The maximum atomic E-state index is 12.3. The average molecular weight is 440 g/mol. The van der Waals surface area contributed by atoms with Gasteiger partial charge in [0.1, 0.15) is 16.6 Å². The highest BCUT2D eigenvalue weighted by molar-refractivity contribution is 8.26. The second kappa shape index (κ2) is 9.51. The lowest BCUT2D eigenvalue weighted by molar-refractivity contribution is -0.140. The van der Waals surface area contributed by atoms with Gasteiger partial charge >= 0.3 is 5.97 Å². The van der Waals surface area contributed by atoms with Crippen molar-refractivity contribution in [1.29, 1.82) is 0 Å². The summed E-state index contributed by atoms with van der Waals surface area (Å²) in [5, 5.41) is 8.89. The highest BCUT2D eigenvalue weighted by Gasteiger charge is 2.33. The summed E-state index contributed by atoms with van der Waals surface area (Å²) in [7, 11) is 1.55. The number of benzene rings is 2. The second-order valence-corrected chi connectivity index (χ2v) is 7.93. The molecule has 1 saturated heterocycles. The average Bonchev–Trinajstić information content (AvgIpc) is 3.00. The highest BCUT2D eigenvalue weighted by atomic mass is 32.2. The number of methoxy groups -OCH3 is 1. The van der Waals surface area contributed by atoms with E-state index in [4.69, 9.17) is 22.1 Å². The van der Waals surface area contributed by atoms with Crippen molar-refractivity contribution in [2.24, 2.45) is 0 Å². The number of carboxylic acid groups (broad SMARTS) is 1. The first-order chi connectivity index (χ1) is 14.4. The van der Waals surface area contributed by atoms with Crippen LogP contribution in [0.5, 0.6) is 5.75 Å². The van der Waals surface area contributed by atoms with Crippen LogP contribution in [0.2, 0.25) is 0 Å². The molecule has 1 aliphatic heterocycles. The van der Waals surface area contributed by atoms with Gasteiger partial charge in [-0.15, -0.1) is 0 Å². The molecular weight excluding hydrogens is 422 g/mol. The Labute approximate surface area is 182 Å². The normalized spacial score (nSPS) is 15.2. The molecule has 8 heteroatoms. The molecule has 30 heavy (non-hydrogen) atoms. The lowest BCUT2D eigenvalue weighted by Crippen LogP contribution is -2.33. The molecule has 1 N–H and O–H groups in total. The quantitative estimate of drug-likeness (QED) is 0.398. The molecule has 0 atom stereocenters. The van der Waals surface area contributed by atoms with Crippen molar-refractivity contribution in [3.63, 3.8) is 0 Å². The fourth-order valence-corrected chi connectivity index (χ4v) is 3.93. The van der Waals surface area contributed by atoms with Crippen LogP contribution in [0.1, 0.15) is 21.5 Å². The Morgan fingerprint density at radius 1 is 1.17 bits per heavy atom. The van der Waals surface area contributed by atoms with Gasteiger partial charge in [0.05, 0.1) is 12.0 Å². The van der Waals surface area contributed by atoms with E-state index in [-0.39, 0.29) is 10.1 Å². The minimum absolute atomic E-state index is 0.139. The summed E-state index contributed by atoms with van der Waals surface area (Å²) >= 11 is 6.15. The number of carbonyl (C=O) groups excluding carboxylic acids is 2. The van der Waals surface area contributed by atoms with Crippen LogP contribution in [-0.4, -0.2) is 45.6 Å². The van der Waals surface area contributed by atoms with Crippen molar-refractivity contribution < 1.29 is 24.2 Å². The third-order valence-corrected chi connectivity index (χ3v) is 5.56. The summed E-state index contributed by atoms with van der Waals surface area (Å²) in [5.74, 6) is -1.06. The van der Waals surface area contributed by atoms with Crippen LogP contribution in [0.4, 0.5) is 0 Å². The number of rotatable bonds is 7. The summed E-state index contributed by atoms with van der Waals surface area (Å²) < 4.78 is 5.35. The van der Waals surface area contributed by atoms with E-state index in [0.717, 1.165) is 27.8 Å². The molecule has 0 unspecified atom stereocenters. The van der Waals surface area contributed by atoms with E-state index < -0.39 is 18.4 Å². The summed E-state index contributed by atoms with van der Waals surface area (Å²) in [4.78, 5) is 36.9. The third kappa shape index (κ3) is 5.22. The monoisotopic (exact) mass is 439 g/mol. The van der Waals surface area contributed by atoms with Crippen LogP contribution in [0, 0.1) is 0 Å². The number of hydrogen-bond acceptors (Lipinski definition) is 6. The van der Waals surface area contributed by atoms with Crippen molar-refractivity contribution in [1.82, 2.24) is 4.90 Å². The van der Waals surface area contributed by atoms with Gasteiger partial charge in [0.15, 0.2) is 5.78 Å². The van der Waals surface area contributed by atoms with Gasteiger partial charge in [-0.1, -0.05) is 66.5 Å². The standard InChI is InChI=1S/C22H17NO5S2/c1-28-17-4-2-3-16(12-17)18(24)10-9-14-5-7-15(8-6-14)11-19-21(27)23(13-20(25)26)22(29)30-19/h2-12H,13H2,1H3,(H,25,26)/b10-9+,19-11+. The molecule has 1 aliphatic rings. The fourth-order valence-electron chi connectivity index (χ4n) is 2.67. The number of allylic oxidation sites excluding steroid dienone is 1. The molecule has 1 amide bonds. The number of hydrogen-bond donors (Lipinski definition) is 1. The molecule has 0 aromatic heterocycles. The second-order valence-electron chi connectivity index (χ2n) is 6.26. The molecule has 152 valence electrons. The first-order valence-electron chi connectivity index (χ1n) is 8.81. The van der Waals surface area contributed by atoms with Gasteiger partial charge in [-0.2, -0.15) is 0 Å². The SMILES string of the molecule is COc1cccc(C(=O)/C=C/c2ccc(/C=C3/SC(=S)N(CC(=O)O)C3=O)cc2)c1. The van der Waals surface area contributed by atoms with Crippen molar-refractivity contribution in [2.45, 2.75) is 0 Å². The molecule has 2 aromatic rings. The largest absolute Gasteiger partial charge is 0.497 e. The molecule has 0 spiro atoms. The van der Waals surface area contributed by atoms with E-state index in [0.29, 0.717) is 16.2 Å². The van der Waals surface area contributed by atoms with Crippen LogP contribution in [-0.2, 0) is 9.59 Å². The summed E-state index contributed by atoms with van der Waals surface area (Å²) in [6.45, 7) is -0.451. The summed E-state index contributed by atoms with van der Waals surface area (Å²) in [5.41, 5.74) is 2.12. The smallest absolute Gasteiger partial charge is 0.323 e. The minimum atomic E-state index is -1.12. The topological polar surface area (TPSA) is 83.9 Å². The first kappa shape index (κ1) is 21.5. The highest BCUT2D eigenvalue weighted by Crippen LogP contribution is 2.32. The van der Waals surface area contributed by atoms with E-state index in [1.165, 1.54) is 6.08 Å². The Balaban J connectivity index is 1.69. The number of carbonyl (C=O) groups is 3. The number of nitrogens with zero attached hydrogens (tertiary/aromatic N) is 1. The molecule has 0 bridgehead atoms. The Kier molecular flexibility index (Phi) is 6.81. The predicted molar refractivity (Wildman–Crippen MR) is 120 cm³/mol.